The predicted molar refractivity (Wildman–Crippen MR) is 122 cm³/mol. The van der Waals surface area contributed by atoms with E-state index < -0.39 is 0 Å². The van der Waals surface area contributed by atoms with Crippen molar-refractivity contribution in [3.63, 3.8) is 0 Å². The molecule has 2 heterocycles. The molecule has 0 radical (unpaired) electrons. The van der Waals surface area contributed by atoms with Crippen LogP contribution in [0.1, 0.15) is 21.5 Å². The summed E-state index contributed by atoms with van der Waals surface area (Å²) < 4.78 is 7.61. The van der Waals surface area contributed by atoms with Crippen LogP contribution in [0.25, 0.3) is 0 Å². The molecule has 1 amide bonds. The van der Waals surface area contributed by atoms with E-state index in [9.17, 15) is 4.79 Å². The first-order chi connectivity index (χ1) is 15.0. The lowest BCUT2D eigenvalue weighted by Crippen LogP contribution is -2.48. The highest BCUT2D eigenvalue weighted by Gasteiger charge is 2.22. The van der Waals surface area contributed by atoms with Crippen molar-refractivity contribution in [2.45, 2.75) is 13.2 Å². The van der Waals surface area contributed by atoms with Crippen molar-refractivity contribution in [3.8, 4) is 5.75 Å². The molecule has 1 saturated heterocycles. The second-order valence-corrected chi connectivity index (χ2v) is 8.42. The van der Waals surface area contributed by atoms with Gasteiger partial charge in [0.15, 0.2) is 0 Å². The molecule has 0 aliphatic carbocycles. The van der Waals surface area contributed by atoms with Crippen molar-refractivity contribution < 1.29 is 9.53 Å². The van der Waals surface area contributed by atoms with Crippen LogP contribution in [0.5, 0.6) is 5.75 Å². The highest BCUT2D eigenvalue weighted by molar-refractivity contribution is 6.42. The van der Waals surface area contributed by atoms with Gasteiger partial charge in [0.05, 0.1) is 11.2 Å². The summed E-state index contributed by atoms with van der Waals surface area (Å²) in [5, 5.41) is 5.06. The number of rotatable bonds is 6. The Morgan fingerprint density at radius 1 is 1.06 bits per heavy atom. The van der Waals surface area contributed by atoms with Gasteiger partial charge >= 0.3 is 0 Å². The van der Waals surface area contributed by atoms with E-state index in [4.69, 9.17) is 27.9 Å². The number of amides is 1. The van der Waals surface area contributed by atoms with Gasteiger partial charge in [0.1, 0.15) is 17.4 Å². The van der Waals surface area contributed by atoms with Crippen molar-refractivity contribution in [1.82, 2.24) is 19.6 Å². The lowest BCUT2D eigenvalue weighted by molar-refractivity contribution is 0.0628. The summed E-state index contributed by atoms with van der Waals surface area (Å²) in [6.07, 6.45) is 3.92. The van der Waals surface area contributed by atoms with Gasteiger partial charge in [-0.15, -0.1) is 0 Å². The van der Waals surface area contributed by atoms with E-state index in [2.05, 4.69) is 10.00 Å². The third-order valence-electron chi connectivity index (χ3n) is 5.31. The molecule has 0 spiro atoms. The van der Waals surface area contributed by atoms with Gasteiger partial charge < -0.3 is 9.64 Å². The van der Waals surface area contributed by atoms with Crippen molar-refractivity contribution >= 4 is 29.1 Å². The summed E-state index contributed by atoms with van der Waals surface area (Å²) in [5.74, 6) is 0.569. The molecule has 0 saturated carbocycles. The first kappa shape index (κ1) is 21.7. The normalized spacial score (nSPS) is 14.6. The zero-order chi connectivity index (χ0) is 21.8. The predicted octanol–water partition coefficient (Wildman–Crippen LogP) is 4.26. The van der Waals surface area contributed by atoms with Gasteiger partial charge in [-0.3, -0.25) is 14.4 Å². The van der Waals surface area contributed by atoms with Crippen LogP contribution in [0, 0.1) is 0 Å². The minimum atomic E-state index is 0.0451. The Balaban J connectivity index is 1.33. The molecule has 31 heavy (non-hydrogen) atoms. The molecule has 3 aromatic rings. The van der Waals surface area contributed by atoms with Gasteiger partial charge in [0.25, 0.3) is 5.91 Å². The molecule has 1 aliphatic heterocycles. The number of aromatic nitrogens is 2. The minimum absolute atomic E-state index is 0.0451. The summed E-state index contributed by atoms with van der Waals surface area (Å²) in [5.41, 5.74) is 2.76. The SMILES string of the molecule is Cn1cc(CN2CCN(C(=O)c3cccc(COc4cccc(Cl)c4Cl)c3)CC2)cn1. The van der Waals surface area contributed by atoms with Gasteiger partial charge in [0.2, 0.25) is 0 Å². The van der Waals surface area contributed by atoms with Gasteiger partial charge in [-0.1, -0.05) is 41.4 Å². The molecule has 0 atom stereocenters. The molecule has 2 aromatic carbocycles. The fourth-order valence-electron chi connectivity index (χ4n) is 3.65. The summed E-state index contributed by atoms with van der Waals surface area (Å²) in [6.45, 7) is 4.26. The van der Waals surface area contributed by atoms with E-state index in [1.54, 1.807) is 18.2 Å². The highest BCUT2D eigenvalue weighted by atomic mass is 35.5. The van der Waals surface area contributed by atoms with Crippen molar-refractivity contribution in [3.05, 3.63) is 81.6 Å². The number of nitrogens with zero attached hydrogens (tertiary/aromatic N) is 4. The van der Waals surface area contributed by atoms with Crippen LogP contribution in [-0.4, -0.2) is 51.7 Å². The molecule has 0 unspecified atom stereocenters. The van der Waals surface area contributed by atoms with E-state index in [1.165, 1.54) is 5.56 Å². The van der Waals surface area contributed by atoms with Crippen molar-refractivity contribution in [1.29, 1.82) is 0 Å². The lowest BCUT2D eigenvalue weighted by Gasteiger charge is -2.34. The zero-order valence-corrected chi connectivity index (χ0v) is 18.8. The van der Waals surface area contributed by atoms with Crippen LogP contribution in [-0.2, 0) is 20.2 Å². The number of hydrogen-bond acceptors (Lipinski definition) is 4. The van der Waals surface area contributed by atoms with Crippen molar-refractivity contribution in [2.75, 3.05) is 26.2 Å². The second kappa shape index (κ2) is 9.73. The van der Waals surface area contributed by atoms with E-state index in [1.807, 2.05) is 53.3 Å². The summed E-state index contributed by atoms with van der Waals surface area (Å²) in [6, 6.07) is 12.8. The molecule has 1 fully saturated rings. The molecule has 8 heteroatoms. The van der Waals surface area contributed by atoms with E-state index >= 15 is 0 Å². The first-order valence-electron chi connectivity index (χ1n) is 10.1. The fourth-order valence-corrected chi connectivity index (χ4v) is 4.00. The second-order valence-electron chi connectivity index (χ2n) is 7.63. The van der Waals surface area contributed by atoms with E-state index in [0.29, 0.717) is 41.1 Å². The topological polar surface area (TPSA) is 50.6 Å². The maximum absolute atomic E-state index is 13.0. The van der Waals surface area contributed by atoms with Crippen LogP contribution < -0.4 is 4.74 Å². The van der Waals surface area contributed by atoms with E-state index in [-0.39, 0.29) is 5.91 Å². The van der Waals surface area contributed by atoms with Crippen LogP contribution in [0.3, 0.4) is 0 Å². The van der Waals surface area contributed by atoms with Gasteiger partial charge in [0, 0.05) is 57.1 Å². The number of hydrogen-bond donors (Lipinski definition) is 0. The van der Waals surface area contributed by atoms with Crippen LogP contribution >= 0.6 is 23.2 Å². The average molecular weight is 459 g/mol. The van der Waals surface area contributed by atoms with Crippen molar-refractivity contribution in [2.24, 2.45) is 7.05 Å². The monoisotopic (exact) mass is 458 g/mol. The Bertz CT molecular complexity index is 1060. The number of piperazine rings is 1. The molecule has 162 valence electrons. The quantitative estimate of drug-likeness (QED) is 0.553. The Kier molecular flexibility index (Phi) is 6.80. The zero-order valence-electron chi connectivity index (χ0n) is 17.3. The third-order valence-corrected chi connectivity index (χ3v) is 6.11. The molecular formula is C23H24Cl2N4O2. The van der Waals surface area contributed by atoms with Gasteiger partial charge in [-0.2, -0.15) is 5.10 Å². The molecule has 1 aromatic heterocycles. The number of carbonyl (C=O) groups excluding carboxylic acids is 1. The number of ether oxygens (including phenoxy) is 1. The van der Waals surface area contributed by atoms with Gasteiger partial charge in [-0.25, -0.2) is 0 Å². The summed E-state index contributed by atoms with van der Waals surface area (Å²) >= 11 is 12.2. The highest BCUT2D eigenvalue weighted by Crippen LogP contribution is 2.32. The van der Waals surface area contributed by atoms with E-state index in [0.717, 1.165) is 25.2 Å². The Morgan fingerprint density at radius 2 is 1.84 bits per heavy atom. The first-order valence-corrected chi connectivity index (χ1v) is 10.9. The molecule has 4 rings (SSSR count). The standard InChI is InChI=1S/C23H24Cl2N4O2/c1-27-14-18(13-26-27)15-28-8-10-29(11-9-28)23(30)19-5-2-4-17(12-19)16-31-21-7-3-6-20(24)22(21)25/h2-7,12-14H,8-11,15-16H2,1H3. The maximum atomic E-state index is 13.0. The van der Waals surface area contributed by atoms with Crippen LogP contribution in [0.4, 0.5) is 0 Å². The number of carbonyl (C=O) groups is 1. The fraction of sp³-hybridized carbons (Fsp3) is 0.304. The summed E-state index contributed by atoms with van der Waals surface area (Å²) in [7, 11) is 1.92. The summed E-state index contributed by atoms with van der Waals surface area (Å²) in [4.78, 5) is 17.3. The average Bonchev–Trinajstić information content (AvgIpc) is 3.19. The van der Waals surface area contributed by atoms with Crippen LogP contribution in [0.2, 0.25) is 10.0 Å². The number of benzene rings is 2. The number of halogens is 2. The maximum Gasteiger partial charge on any atom is 0.253 e. The third kappa shape index (κ3) is 5.39. The minimum Gasteiger partial charge on any atom is -0.487 e. The Hall–Kier alpha value is -2.54. The molecule has 0 bridgehead atoms. The molecular weight excluding hydrogens is 435 g/mol. The largest absolute Gasteiger partial charge is 0.487 e. The molecule has 0 N–H and O–H groups in total. The number of aryl methyl sites for hydroxylation is 1. The Labute approximate surface area is 191 Å². The Morgan fingerprint density at radius 3 is 2.58 bits per heavy atom. The van der Waals surface area contributed by atoms with Crippen LogP contribution in [0.15, 0.2) is 54.9 Å². The molecule has 1 aliphatic rings. The smallest absolute Gasteiger partial charge is 0.253 e. The van der Waals surface area contributed by atoms with Gasteiger partial charge in [-0.05, 0) is 29.8 Å². The lowest BCUT2D eigenvalue weighted by atomic mass is 10.1. The molecule has 6 nitrogen and oxygen atoms in total.